The summed E-state index contributed by atoms with van der Waals surface area (Å²) in [6.07, 6.45) is 0.608. The van der Waals surface area contributed by atoms with Gasteiger partial charge in [0.25, 0.3) is 0 Å². The summed E-state index contributed by atoms with van der Waals surface area (Å²) >= 11 is 0.780. The molecule has 2 N–H and O–H groups in total. The van der Waals surface area contributed by atoms with Crippen molar-refractivity contribution in [2.75, 3.05) is 5.75 Å². The Morgan fingerprint density at radius 3 is 2.43 bits per heavy atom. The molecule has 1 atom stereocenters. The quantitative estimate of drug-likeness (QED) is 0.815. The summed E-state index contributed by atoms with van der Waals surface area (Å²) in [5.74, 6) is -1.05. The van der Waals surface area contributed by atoms with Gasteiger partial charge in [-0.15, -0.1) is 11.3 Å². The number of carbonyl (C=O) groups is 1. The van der Waals surface area contributed by atoms with Crippen molar-refractivity contribution in [1.29, 1.82) is 0 Å². The summed E-state index contributed by atoms with van der Waals surface area (Å²) in [5.41, 5.74) is -0.764. The van der Waals surface area contributed by atoms with E-state index in [1.54, 1.807) is 20.8 Å². The van der Waals surface area contributed by atoms with E-state index in [0.29, 0.717) is 6.42 Å². The van der Waals surface area contributed by atoms with Crippen molar-refractivity contribution in [2.24, 2.45) is 0 Å². The van der Waals surface area contributed by atoms with Crippen molar-refractivity contribution in [3.05, 3.63) is 10.3 Å². The summed E-state index contributed by atoms with van der Waals surface area (Å²) in [5, 5.41) is 10.5. The molecular weight excluding hydrogens is 334 g/mol. The molecule has 0 saturated heterocycles. The van der Waals surface area contributed by atoms with Crippen molar-refractivity contribution in [3.8, 4) is 0 Å². The van der Waals surface area contributed by atoms with Crippen LogP contribution in [-0.4, -0.2) is 35.0 Å². The van der Waals surface area contributed by atoms with Gasteiger partial charge in [-0.3, -0.25) is 4.21 Å². The van der Waals surface area contributed by atoms with E-state index in [4.69, 9.17) is 0 Å². The molecule has 0 saturated carbocycles. The number of sulfonamides is 1. The molecule has 21 heavy (non-hydrogen) atoms. The lowest BCUT2D eigenvalue weighted by atomic mass is 10.1. The molecule has 1 heterocycles. The number of carboxylic acids is 1. The molecule has 0 aromatic carbocycles. The molecule has 1 rings (SSSR count). The summed E-state index contributed by atoms with van der Waals surface area (Å²) in [6.45, 7) is 6.78. The number of carboxylic acid groups (broad SMARTS) is 1. The minimum Gasteiger partial charge on any atom is -0.477 e. The first-order valence-corrected chi connectivity index (χ1v) is 9.95. The third kappa shape index (κ3) is 4.60. The number of thiophene rings is 1. The highest BCUT2D eigenvalue weighted by atomic mass is 32.2. The van der Waals surface area contributed by atoms with Gasteiger partial charge in [0.2, 0.25) is 10.0 Å². The number of rotatable bonds is 6. The second-order valence-electron chi connectivity index (χ2n) is 5.47. The smallest absolute Gasteiger partial charge is 0.347 e. The van der Waals surface area contributed by atoms with Gasteiger partial charge in [-0.25, -0.2) is 17.9 Å². The van der Waals surface area contributed by atoms with E-state index in [1.165, 1.54) is 5.38 Å². The fourth-order valence-electron chi connectivity index (χ4n) is 1.64. The summed E-state index contributed by atoms with van der Waals surface area (Å²) < 4.78 is 39.5. The molecule has 0 aliphatic carbocycles. The molecule has 1 unspecified atom stereocenters. The van der Waals surface area contributed by atoms with E-state index in [9.17, 15) is 22.5 Å². The Bertz CT molecular complexity index is 655. The van der Waals surface area contributed by atoms with Crippen LogP contribution in [0.4, 0.5) is 0 Å². The van der Waals surface area contributed by atoms with Crippen LogP contribution in [0.3, 0.4) is 0 Å². The fraction of sp³-hybridized carbons (Fsp3) is 0.583. The molecule has 0 radical (unpaired) electrons. The first-order chi connectivity index (χ1) is 9.49. The number of aromatic carboxylic acids is 1. The second kappa shape index (κ2) is 6.55. The first-order valence-electron chi connectivity index (χ1n) is 6.26. The van der Waals surface area contributed by atoms with Crippen molar-refractivity contribution >= 4 is 38.1 Å². The minimum absolute atomic E-state index is 0.0657. The van der Waals surface area contributed by atoms with Gasteiger partial charge < -0.3 is 5.11 Å². The van der Waals surface area contributed by atoms with Crippen LogP contribution in [-0.2, 0) is 20.8 Å². The monoisotopic (exact) mass is 353 g/mol. The number of hydrogen-bond donors (Lipinski definition) is 2. The van der Waals surface area contributed by atoms with Crippen LogP contribution in [0.25, 0.3) is 0 Å². The summed E-state index contributed by atoms with van der Waals surface area (Å²) in [4.78, 5) is 10.6. The largest absolute Gasteiger partial charge is 0.477 e. The third-order valence-corrected chi connectivity index (χ3v) is 7.06. The van der Waals surface area contributed by atoms with Crippen LogP contribution in [0, 0.1) is 0 Å². The normalized spacial score (nSPS) is 14.1. The Balaban J connectivity index is 3.47. The SMILES string of the molecule is CCCS(=O)c1csc(C(=O)O)c1S(=O)(=O)NC(C)(C)C. The van der Waals surface area contributed by atoms with E-state index in [2.05, 4.69) is 4.72 Å². The predicted octanol–water partition coefficient (Wildman–Crippen LogP) is 2.04. The third-order valence-electron chi connectivity index (χ3n) is 2.25. The van der Waals surface area contributed by atoms with Crippen LogP contribution in [0.15, 0.2) is 15.2 Å². The fourth-order valence-corrected chi connectivity index (χ4v) is 6.56. The van der Waals surface area contributed by atoms with Crippen LogP contribution in [0.5, 0.6) is 0 Å². The molecule has 1 aromatic rings. The lowest BCUT2D eigenvalue weighted by molar-refractivity contribution is 0.0698. The number of hydrogen-bond acceptors (Lipinski definition) is 5. The molecule has 6 nitrogen and oxygen atoms in total. The maximum absolute atomic E-state index is 12.5. The highest BCUT2D eigenvalue weighted by Gasteiger charge is 2.33. The van der Waals surface area contributed by atoms with Crippen LogP contribution in [0.1, 0.15) is 43.8 Å². The van der Waals surface area contributed by atoms with Crippen LogP contribution < -0.4 is 4.72 Å². The standard InChI is InChI=1S/C12H19NO5S3/c1-5-6-20(16)8-7-19-9(11(14)15)10(8)21(17,18)13-12(2,3)4/h7,13H,5-6H2,1-4H3,(H,14,15). The lowest BCUT2D eigenvalue weighted by Gasteiger charge is -2.20. The zero-order chi connectivity index (χ0) is 16.4. The lowest BCUT2D eigenvalue weighted by Crippen LogP contribution is -2.41. The Hall–Kier alpha value is -0.770. The molecule has 0 aliphatic heterocycles. The highest BCUT2D eigenvalue weighted by Crippen LogP contribution is 2.31. The topological polar surface area (TPSA) is 101 Å². The van der Waals surface area contributed by atoms with Crippen molar-refractivity contribution in [1.82, 2.24) is 4.72 Å². The van der Waals surface area contributed by atoms with Gasteiger partial charge in [0.15, 0.2) is 0 Å². The van der Waals surface area contributed by atoms with E-state index in [-0.39, 0.29) is 20.4 Å². The highest BCUT2D eigenvalue weighted by molar-refractivity contribution is 7.91. The molecular formula is C12H19NO5S3. The van der Waals surface area contributed by atoms with Gasteiger partial charge in [-0.05, 0) is 27.2 Å². The van der Waals surface area contributed by atoms with Crippen molar-refractivity contribution in [2.45, 2.75) is 49.4 Å². The van der Waals surface area contributed by atoms with Crippen molar-refractivity contribution < 1.29 is 22.5 Å². The van der Waals surface area contributed by atoms with Crippen molar-refractivity contribution in [3.63, 3.8) is 0 Å². The second-order valence-corrected chi connectivity index (χ2v) is 9.51. The Morgan fingerprint density at radius 1 is 1.43 bits per heavy atom. The maximum atomic E-state index is 12.5. The Morgan fingerprint density at radius 2 is 2.00 bits per heavy atom. The van der Waals surface area contributed by atoms with Crippen LogP contribution >= 0.6 is 11.3 Å². The Kier molecular flexibility index (Phi) is 5.70. The van der Waals surface area contributed by atoms with Gasteiger partial charge in [-0.2, -0.15) is 0 Å². The van der Waals surface area contributed by atoms with E-state index < -0.39 is 32.3 Å². The molecule has 9 heteroatoms. The van der Waals surface area contributed by atoms with E-state index in [0.717, 1.165) is 11.3 Å². The average Bonchev–Trinajstić information content (AvgIpc) is 2.70. The molecule has 0 aliphatic rings. The van der Waals surface area contributed by atoms with Gasteiger partial charge in [-0.1, -0.05) is 6.92 Å². The van der Waals surface area contributed by atoms with E-state index >= 15 is 0 Å². The zero-order valence-electron chi connectivity index (χ0n) is 12.3. The minimum atomic E-state index is -4.06. The predicted molar refractivity (Wildman–Crippen MR) is 82.9 cm³/mol. The van der Waals surface area contributed by atoms with E-state index in [1.807, 2.05) is 6.92 Å². The first kappa shape index (κ1) is 18.3. The van der Waals surface area contributed by atoms with Gasteiger partial charge >= 0.3 is 5.97 Å². The molecule has 0 spiro atoms. The summed E-state index contributed by atoms with van der Waals surface area (Å²) in [6, 6.07) is 0. The molecule has 1 aromatic heterocycles. The van der Waals surface area contributed by atoms with Gasteiger partial charge in [0, 0.05) is 16.7 Å². The maximum Gasteiger partial charge on any atom is 0.347 e. The average molecular weight is 353 g/mol. The molecule has 120 valence electrons. The number of nitrogens with one attached hydrogen (secondary N) is 1. The van der Waals surface area contributed by atoms with Crippen LogP contribution in [0.2, 0.25) is 0 Å². The zero-order valence-corrected chi connectivity index (χ0v) is 14.7. The molecule has 0 amide bonds. The molecule has 0 fully saturated rings. The van der Waals surface area contributed by atoms with Gasteiger partial charge in [0.1, 0.15) is 9.77 Å². The Labute approximate surface area is 131 Å². The van der Waals surface area contributed by atoms with Gasteiger partial charge in [0.05, 0.1) is 15.7 Å². The summed E-state index contributed by atoms with van der Waals surface area (Å²) in [7, 11) is -5.60. The molecule has 0 bridgehead atoms.